The number of rotatable bonds is 20. The zero-order valence-corrected chi connectivity index (χ0v) is 29.8. The summed E-state index contributed by atoms with van der Waals surface area (Å²) in [5, 5.41) is 41.3. The third-order valence-corrected chi connectivity index (χ3v) is 6.49. The fourth-order valence-corrected chi connectivity index (χ4v) is 3.58. The van der Waals surface area contributed by atoms with Crippen molar-refractivity contribution in [2.24, 2.45) is 23.7 Å². The Balaban J connectivity index is -0.000000157. The largest absolute Gasteiger partial charge is 4.00 e. The second kappa shape index (κ2) is 32.7. The second-order valence-corrected chi connectivity index (χ2v) is 10.5. The molecule has 0 rings (SSSR count). The van der Waals surface area contributed by atoms with E-state index in [9.17, 15) is 58.8 Å². The molecule has 0 amide bonds. The maximum atomic E-state index is 10.7. The smallest absolute Gasteiger partial charge is 0.549 e. The van der Waals surface area contributed by atoms with Crippen molar-refractivity contribution >= 4 is 47.0 Å². The molecule has 0 aromatic carbocycles. The Hall–Kier alpha value is -2.73. The first-order chi connectivity index (χ1) is 20.4. The molecular weight excluding hydrogens is 624 g/mol. The van der Waals surface area contributed by atoms with Crippen molar-refractivity contribution in [2.75, 3.05) is 0 Å². The van der Waals surface area contributed by atoms with Crippen LogP contribution in [0.4, 0.5) is 0 Å². The molecule has 0 fully saturated rings. The summed E-state index contributed by atoms with van der Waals surface area (Å²) < 4.78 is 0. The van der Waals surface area contributed by atoms with Gasteiger partial charge in [-0.05, 0) is 53.4 Å². The number of unbranched alkanes of at least 4 members (excludes halogenated alkanes) is 4. The maximum absolute atomic E-state index is 10.7. The van der Waals surface area contributed by atoms with E-state index in [1.165, 1.54) is 27.7 Å². The SMILES string of the molecule is CCCCC(C(C)=O)C(=O)[O-].CCCCC(C(C)=O)C(=O)[O-].CCCCC(C(C)=O)C(=O)[O-].CCCCC(C(C)=O)C(=O)[O-].[Ti+4]. The summed E-state index contributed by atoms with van der Waals surface area (Å²) in [5.41, 5.74) is 0. The van der Waals surface area contributed by atoms with Crippen LogP contribution < -0.4 is 20.4 Å². The molecule has 4 unspecified atom stereocenters. The summed E-state index contributed by atoms with van der Waals surface area (Å²) in [6, 6.07) is 0. The molecule has 0 aliphatic rings. The van der Waals surface area contributed by atoms with Gasteiger partial charge < -0.3 is 39.6 Å². The normalized spacial score (nSPS) is 12.3. The standard InChI is InChI=1S/4C8H14O3.Ti/c4*1-3-4-5-7(6(2)9)8(10)11;/h4*7H,3-5H2,1-2H3,(H,10,11);/q;;;;+4/p-4. The third-order valence-electron chi connectivity index (χ3n) is 6.49. The molecule has 0 heterocycles. The minimum atomic E-state index is -1.24. The molecule has 0 saturated carbocycles. The topological polar surface area (TPSA) is 229 Å². The number of hydrogen-bond acceptors (Lipinski definition) is 12. The Labute approximate surface area is 283 Å². The summed E-state index contributed by atoms with van der Waals surface area (Å²) in [6.45, 7) is 13.0. The number of carboxylic acid groups (broad SMARTS) is 4. The predicted octanol–water partition coefficient (Wildman–Crippen LogP) is 0.524. The van der Waals surface area contributed by atoms with Crippen LogP contribution in [0.1, 0.15) is 132 Å². The van der Waals surface area contributed by atoms with E-state index in [1.54, 1.807) is 0 Å². The quantitative estimate of drug-likeness (QED) is 0.127. The van der Waals surface area contributed by atoms with Gasteiger partial charge in [-0.25, -0.2) is 0 Å². The molecule has 12 nitrogen and oxygen atoms in total. The fraction of sp³-hybridized carbons (Fsp3) is 0.750. The van der Waals surface area contributed by atoms with E-state index >= 15 is 0 Å². The molecule has 0 bridgehead atoms. The van der Waals surface area contributed by atoms with Crippen LogP contribution in [0.5, 0.6) is 0 Å². The van der Waals surface area contributed by atoms with Gasteiger partial charge in [0.25, 0.3) is 0 Å². The van der Waals surface area contributed by atoms with Gasteiger partial charge in [-0.3, -0.25) is 19.2 Å². The molecule has 0 aromatic heterocycles. The first kappa shape index (κ1) is 51.8. The van der Waals surface area contributed by atoms with Gasteiger partial charge in [-0.2, -0.15) is 0 Å². The van der Waals surface area contributed by atoms with Crippen molar-refractivity contribution in [2.45, 2.75) is 132 Å². The monoisotopic (exact) mass is 676 g/mol. The van der Waals surface area contributed by atoms with E-state index in [4.69, 9.17) is 0 Å². The summed E-state index contributed by atoms with van der Waals surface area (Å²) in [5.74, 6) is -9.78. The summed E-state index contributed by atoms with van der Waals surface area (Å²) in [4.78, 5) is 83.9. The van der Waals surface area contributed by atoms with E-state index in [-0.39, 0.29) is 44.9 Å². The zero-order valence-electron chi connectivity index (χ0n) is 28.2. The predicted molar refractivity (Wildman–Crippen MR) is 155 cm³/mol. The van der Waals surface area contributed by atoms with Gasteiger partial charge in [0, 0.05) is 0 Å². The molecule has 0 N–H and O–H groups in total. The van der Waals surface area contributed by atoms with Gasteiger partial charge in [0.15, 0.2) is 0 Å². The number of carbonyl (C=O) groups excluding carboxylic acids is 8. The van der Waals surface area contributed by atoms with Crippen LogP contribution in [-0.4, -0.2) is 47.0 Å². The summed E-state index contributed by atoms with van der Waals surface area (Å²) >= 11 is 0. The average molecular weight is 677 g/mol. The third kappa shape index (κ3) is 31.1. The van der Waals surface area contributed by atoms with Gasteiger partial charge in [-0.1, -0.05) is 79.1 Å². The molecule has 0 aliphatic heterocycles. The Morgan fingerprint density at radius 3 is 0.578 bits per heavy atom. The van der Waals surface area contributed by atoms with Crippen molar-refractivity contribution in [1.82, 2.24) is 0 Å². The van der Waals surface area contributed by atoms with Crippen LogP contribution in [-0.2, 0) is 60.1 Å². The van der Waals surface area contributed by atoms with Crippen molar-refractivity contribution in [3.63, 3.8) is 0 Å². The Morgan fingerprint density at radius 1 is 0.378 bits per heavy atom. The molecule has 0 saturated heterocycles. The minimum absolute atomic E-state index is 0. The van der Waals surface area contributed by atoms with E-state index in [0.717, 1.165) is 51.4 Å². The molecule has 0 spiro atoms. The number of Topliss-reactive ketones (excluding diaryl/α,β-unsaturated/α-hetero) is 4. The fourth-order valence-electron chi connectivity index (χ4n) is 3.58. The minimum Gasteiger partial charge on any atom is -0.549 e. The van der Waals surface area contributed by atoms with Gasteiger partial charge in [0.1, 0.15) is 23.1 Å². The van der Waals surface area contributed by atoms with Crippen molar-refractivity contribution < 1.29 is 80.5 Å². The van der Waals surface area contributed by atoms with E-state index in [2.05, 4.69) is 0 Å². The van der Waals surface area contributed by atoms with Crippen molar-refractivity contribution in [3.05, 3.63) is 0 Å². The molecule has 0 radical (unpaired) electrons. The maximum Gasteiger partial charge on any atom is 4.00 e. The van der Waals surface area contributed by atoms with Crippen LogP contribution in [0.15, 0.2) is 0 Å². The van der Waals surface area contributed by atoms with E-state index in [0.29, 0.717) is 25.7 Å². The Bertz CT molecular complexity index is 701. The first-order valence-electron chi connectivity index (χ1n) is 15.2. The Kier molecular flexibility index (Phi) is 37.6. The zero-order chi connectivity index (χ0) is 35.4. The number of ketones is 4. The molecule has 256 valence electrons. The van der Waals surface area contributed by atoms with Gasteiger partial charge in [0.2, 0.25) is 0 Å². The van der Waals surface area contributed by atoms with Gasteiger partial charge in [0.05, 0.1) is 47.5 Å². The molecule has 0 aliphatic carbocycles. The van der Waals surface area contributed by atoms with Crippen LogP contribution >= 0.6 is 0 Å². The average Bonchev–Trinajstić information content (AvgIpc) is 2.89. The van der Waals surface area contributed by atoms with Crippen LogP contribution in [0.2, 0.25) is 0 Å². The number of carboxylic acids is 4. The number of hydrogen-bond donors (Lipinski definition) is 0. The molecule has 4 atom stereocenters. The summed E-state index contributed by atoms with van der Waals surface area (Å²) in [7, 11) is 0. The molecule has 45 heavy (non-hydrogen) atoms. The van der Waals surface area contributed by atoms with Gasteiger partial charge >= 0.3 is 21.7 Å². The Morgan fingerprint density at radius 2 is 0.511 bits per heavy atom. The molecule has 0 aromatic rings. The van der Waals surface area contributed by atoms with E-state index in [1.807, 2.05) is 27.7 Å². The van der Waals surface area contributed by atoms with Crippen LogP contribution in [0, 0.1) is 23.7 Å². The van der Waals surface area contributed by atoms with Crippen LogP contribution in [0.3, 0.4) is 0 Å². The number of aliphatic carboxylic acids is 4. The summed E-state index contributed by atoms with van der Waals surface area (Å²) in [6.07, 6.45) is 8.29. The first-order valence-corrected chi connectivity index (χ1v) is 15.2. The second-order valence-electron chi connectivity index (χ2n) is 10.5. The molecular formula is C32H52O12Ti. The van der Waals surface area contributed by atoms with Crippen LogP contribution in [0.25, 0.3) is 0 Å². The van der Waals surface area contributed by atoms with E-state index < -0.39 is 47.5 Å². The molecule has 13 heteroatoms. The van der Waals surface area contributed by atoms with Crippen molar-refractivity contribution in [3.8, 4) is 0 Å². The van der Waals surface area contributed by atoms with Crippen molar-refractivity contribution in [1.29, 1.82) is 0 Å². The number of carbonyl (C=O) groups is 8. The van der Waals surface area contributed by atoms with Gasteiger partial charge in [-0.15, -0.1) is 0 Å².